The zero-order chi connectivity index (χ0) is 14.3. The van der Waals surface area contributed by atoms with E-state index in [0.29, 0.717) is 23.8 Å². The Morgan fingerprint density at radius 2 is 2.10 bits per heavy atom. The summed E-state index contributed by atoms with van der Waals surface area (Å²) in [6.07, 6.45) is 0. The molecule has 7 heteroatoms. The second-order valence-corrected chi connectivity index (χ2v) is 3.85. The molecule has 20 heavy (non-hydrogen) atoms. The normalized spacial score (nSPS) is 11.2. The molecule has 3 N–H and O–H groups in total. The third kappa shape index (κ3) is 5.24. The van der Waals surface area contributed by atoms with Crippen LogP contribution in [-0.4, -0.2) is 39.4 Å². The van der Waals surface area contributed by atoms with Gasteiger partial charge in [0.25, 0.3) is 0 Å². The Hall–Kier alpha value is -1.50. The van der Waals surface area contributed by atoms with Crippen molar-refractivity contribution in [2.45, 2.75) is 13.0 Å². The number of anilines is 1. The summed E-state index contributed by atoms with van der Waals surface area (Å²) >= 11 is 0. The third-order valence-electron chi connectivity index (χ3n) is 2.43. The predicted octanol–water partition coefficient (Wildman–Crippen LogP) is 1.43. The van der Waals surface area contributed by atoms with Crippen LogP contribution in [0.5, 0.6) is 11.5 Å². The highest BCUT2D eigenvalue weighted by molar-refractivity contribution is 5.96. The van der Waals surface area contributed by atoms with Crippen molar-refractivity contribution < 1.29 is 19.0 Å². The van der Waals surface area contributed by atoms with E-state index < -0.39 is 6.04 Å². The van der Waals surface area contributed by atoms with E-state index in [-0.39, 0.29) is 24.9 Å². The molecular weight excluding hydrogens is 284 g/mol. The summed E-state index contributed by atoms with van der Waals surface area (Å²) in [6, 6.07) is 4.45. The molecule has 0 aliphatic heterocycles. The molecule has 0 aliphatic carbocycles. The number of rotatable bonds is 7. The van der Waals surface area contributed by atoms with E-state index in [0.717, 1.165) is 0 Å². The smallest absolute Gasteiger partial charge is 0.243 e. The number of benzene rings is 1. The Balaban J connectivity index is 0.00000361. The molecule has 0 aliphatic rings. The number of hydrogen-bond donors (Lipinski definition) is 2. The van der Waals surface area contributed by atoms with Crippen molar-refractivity contribution in [2.75, 3.05) is 32.8 Å². The van der Waals surface area contributed by atoms with E-state index in [2.05, 4.69) is 5.32 Å². The molecule has 0 radical (unpaired) electrons. The highest BCUT2D eigenvalue weighted by atomic mass is 35.5. The lowest BCUT2D eigenvalue weighted by Crippen LogP contribution is -2.39. The first kappa shape index (κ1) is 18.5. The lowest BCUT2D eigenvalue weighted by molar-refractivity contribution is -0.118. The van der Waals surface area contributed by atoms with Gasteiger partial charge >= 0.3 is 0 Å². The van der Waals surface area contributed by atoms with Crippen molar-refractivity contribution in [3.05, 3.63) is 18.2 Å². The van der Waals surface area contributed by atoms with Crippen LogP contribution in [0, 0.1) is 0 Å². The van der Waals surface area contributed by atoms with E-state index in [1.54, 1.807) is 25.3 Å². The third-order valence-corrected chi connectivity index (χ3v) is 2.43. The van der Waals surface area contributed by atoms with Crippen molar-refractivity contribution in [2.24, 2.45) is 5.73 Å². The van der Waals surface area contributed by atoms with Gasteiger partial charge in [-0.05, 0) is 19.1 Å². The van der Waals surface area contributed by atoms with E-state index in [1.165, 1.54) is 7.11 Å². The van der Waals surface area contributed by atoms with Crippen LogP contribution in [0.3, 0.4) is 0 Å². The molecule has 0 aromatic heterocycles. The molecule has 0 spiro atoms. The van der Waals surface area contributed by atoms with Gasteiger partial charge in [-0.1, -0.05) is 0 Å². The Morgan fingerprint density at radius 1 is 1.40 bits per heavy atom. The molecule has 1 rings (SSSR count). The maximum absolute atomic E-state index is 11.8. The average molecular weight is 305 g/mol. The van der Waals surface area contributed by atoms with Crippen LogP contribution >= 0.6 is 12.4 Å². The molecule has 0 fully saturated rings. The Kier molecular flexibility index (Phi) is 8.71. The number of halogens is 1. The first-order chi connectivity index (χ1) is 9.12. The summed E-state index contributed by atoms with van der Waals surface area (Å²) in [5.74, 6) is 0.858. The van der Waals surface area contributed by atoms with E-state index in [9.17, 15) is 4.79 Å². The molecular formula is C13H21ClN2O4. The number of hydrogen-bond acceptors (Lipinski definition) is 5. The SMILES string of the molecule is CCOc1ccc(OC)cc1NC(=O)C(N)COC.Cl. The van der Waals surface area contributed by atoms with Crippen molar-refractivity contribution >= 4 is 24.0 Å². The van der Waals surface area contributed by atoms with Crippen LogP contribution < -0.4 is 20.5 Å². The molecule has 0 saturated heterocycles. The number of carbonyl (C=O) groups is 1. The highest BCUT2D eigenvalue weighted by Crippen LogP contribution is 2.29. The standard InChI is InChI=1S/C13H20N2O4.ClH/c1-4-19-12-6-5-9(18-3)7-11(12)15-13(16)10(14)8-17-2;/h5-7,10H,4,8,14H2,1-3H3,(H,15,16);1H. The van der Waals surface area contributed by atoms with Gasteiger partial charge in [0.05, 0.1) is 26.0 Å². The van der Waals surface area contributed by atoms with Gasteiger partial charge in [0.2, 0.25) is 5.91 Å². The van der Waals surface area contributed by atoms with Gasteiger partial charge in [0.1, 0.15) is 17.5 Å². The molecule has 1 amide bonds. The van der Waals surface area contributed by atoms with Crippen LogP contribution in [0.4, 0.5) is 5.69 Å². The number of amides is 1. The average Bonchev–Trinajstić information content (AvgIpc) is 2.41. The highest BCUT2D eigenvalue weighted by Gasteiger charge is 2.15. The molecule has 114 valence electrons. The van der Waals surface area contributed by atoms with Crippen LogP contribution in [0.1, 0.15) is 6.92 Å². The quantitative estimate of drug-likeness (QED) is 0.796. The van der Waals surface area contributed by atoms with Gasteiger partial charge in [-0.15, -0.1) is 12.4 Å². The van der Waals surface area contributed by atoms with Crippen molar-refractivity contribution in [3.8, 4) is 11.5 Å². The van der Waals surface area contributed by atoms with Gasteiger partial charge in [0, 0.05) is 13.2 Å². The number of ether oxygens (including phenoxy) is 3. The summed E-state index contributed by atoms with van der Waals surface area (Å²) in [7, 11) is 3.04. The monoisotopic (exact) mass is 304 g/mol. The maximum Gasteiger partial charge on any atom is 0.243 e. The van der Waals surface area contributed by atoms with E-state index in [1.807, 2.05) is 6.92 Å². The van der Waals surface area contributed by atoms with E-state index >= 15 is 0 Å². The second kappa shape index (κ2) is 9.41. The molecule has 1 unspecified atom stereocenters. The molecule has 1 atom stereocenters. The van der Waals surface area contributed by atoms with Crippen LogP contribution in [-0.2, 0) is 9.53 Å². The van der Waals surface area contributed by atoms with Gasteiger partial charge in [0.15, 0.2) is 0 Å². The molecule has 1 aromatic carbocycles. The minimum absolute atomic E-state index is 0. The van der Waals surface area contributed by atoms with Crippen molar-refractivity contribution in [1.82, 2.24) is 0 Å². The Labute approximate surface area is 125 Å². The summed E-state index contributed by atoms with van der Waals surface area (Å²) in [5.41, 5.74) is 6.19. The molecule has 0 heterocycles. The van der Waals surface area contributed by atoms with Gasteiger partial charge in [-0.2, -0.15) is 0 Å². The minimum atomic E-state index is -0.731. The number of carbonyl (C=O) groups excluding carboxylic acids is 1. The zero-order valence-electron chi connectivity index (χ0n) is 11.8. The Bertz CT molecular complexity index is 429. The maximum atomic E-state index is 11.8. The fraction of sp³-hybridized carbons (Fsp3) is 0.462. The minimum Gasteiger partial charge on any atom is -0.497 e. The second-order valence-electron chi connectivity index (χ2n) is 3.85. The fourth-order valence-electron chi connectivity index (χ4n) is 1.50. The van der Waals surface area contributed by atoms with Crippen molar-refractivity contribution in [1.29, 1.82) is 0 Å². The first-order valence-electron chi connectivity index (χ1n) is 5.98. The summed E-state index contributed by atoms with van der Waals surface area (Å²) in [4.78, 5) is 11.8. The van der Waals surface area contributed by atoms with Gasteiger partial charge in [-0.3, -0.25) is 4.79 Å². The zero-order valence-corrected chi connectivity index (χ0v) is 12.7. The predicted molar refractivity (Wildman–Crippen MR) is 79.9 cm³/mol. The van der Waals surface area contributed by atoms with E-state index in [4.69, 9.17) is 19.9 Å². The molecule has 1 aromatic rings. The number of nitrogens with two attached hydrogens (primary N) is 1. The summed E-state index contributed by atoms with van der Waals surface area (Å²) in [5, 5.41) is 2.71. The summed E-state index contributed by atoms with van der Waals surface area (Å²) < 4.78 is 15.4. The Morgan fingerprint density at radius 3 is 2.65 bits per heavy atom. The summed E-state index contributed by atoms with van der Waals surface area (Å²) in [6.45, 7) is 2.52. The van der Waals surface area contributed by atoms with Crippen LogP contribution in [0.2, 0.25) is 0 Å². The molecule has 0 bridgehead atoms. The largest absolute Gasteiger partial charge is 0.497 e. The fourth-order valence-corrected chi connectivity index (χ4v) is 1.50. The lowest BCUT2D eigenvalue weighted by Gasteiger charge is -2.15. The van der Waals surface area contributed by atoms with Crippen LogP contribution in [0.25, 0.3) is 0 Å². The van der Waals surface area contributed by atoms with Crippen molar-refractivity contribution in [3.63, 3.8) is 0 Å². The van der Waals surface area contributed by atoms with Gasteiger partial charge < -0.3 is 25.3 Å². The van der Waals surface area contributed by atoms with Gasteiger partial charge in [-0.25, -0.2) is 0 Å². The van der Waals surface area contributed by atoms with Crippen LogP contribution in [0.15, 0.2) is 18.2 Å². The topological polar surface area (TPSA) is 82.8 Å². The lowest BCUT2D eigenvalue weighted by atomic mass is 10.2. The number of methoxy groups -OCH3 is 2. The number of nitrogens with one attached hydrogen (secondary N) is 1. The molecule has 6 nitrogen and oxygen atoms in total. The molecule has 0 saturated carbocycles. The first-order valence-corrected chi connectivity index (χ1v) is 5.98.